The highest BCUT2D eigenvalue weighted by Gasteiger charge is 2.17. The van der Waals surface area contributed by atoms with Gasteiger partial charge in [-0.15, -0.1) is 5.53 Å². The number of nitriles is 1. The quantitative estimate of drug-likeness (QED) is 0.660. The van der Waals surface area contributed by atoms with E-state index in [9.17, 15) is 4.39 Å². The molecule has 0 bridgehead atoms. The van der Waals surface area contributed by atoms with Crippen molar-refractivity contribution in [2.45, 2.75) is 6.42 Å². The molecule has 0 unspecified atom stereocenters. The highest BCUT2D eigenvalue weighted by Crippen LogP contribution is 2.30. The molecule has 6 nitrogen and oxygen atoms in total. The van der Waals surface area contributed by atoms with Crippen LogP contribution in [-0.2, 0) is 6.42 Å². The van der Waals surface area contributed by atoms with Gasteiger partial charge in [-0.25, -0.2) is 9.37 Å². The van der Waals surface area contributed by atoms with Crippen molar-refractivity contribution in [3.05, 3.63) is 46.8 Å². The minimum absolute atomic E-state index is 0.312. The number of rotatable bonds is 2. The molecule has 0 saturated heterocycles. The van der Waals surface area contributed by atoms with E-state index >= 15 is 0 Å². The lowest BCUT2D eigenvalue weighted by Crippen LogP contribution is -2.19. The molecule has 0 fully saturated rings. The number of nitrogens with one attached hydrogen (secondary N) is 3. The third kappa shape index (κ3) is 2.08. The second kappa shape index (κ2) is 4.68. The molecule has 100 valence electrons. The van der Waals surface area contributed by atoms with Crippen LogP contribution in [-0.4, -0.2) is 4.98 Å². The average molecular weight is 270 g/mol. The fourth-order valence-electron chi connectivity index (χ4n) is 2.13. The molecule has 0 saturated carbocycles. The first kappa shape index (κ1) is 12.2. The number of nitrogens with two attached hydrogens (primary N) is 1. The summed E-state index contributed by atoms with van der Waals surface area (Å²) >= 11 is 0. The van der Waals surface area contributed by atoms with E-state index in [2.05, 4.69) is 21.4 Å². The largest absolute Gasteiger partial charge is 0.384 e. The smallest absolute Gasteiger partial charge is 0.169 e. The number of fused-ring (bicyclic) bond motifs is 1. The van der Waals surface area contributed by atoms with Gasteiger partial charge in [0.25, 0.3) is 0 Å². The van der Waals surface area contributed by atoms with Crippen LogP contribution in [0.5, 0.6) is 0 Å². The summed E-state index contributed by atoms with van der Waals surface area (Å²) in [4.78, 5) is 4.11. The van der Waals surface area contributed by atoms with Crippen LogP contribution in [0.15, 0.2) is 24.3 Å². The molecule has 1 aromatic carbocycles. The van der Waals surface area contributed by atoms with Crippen LogP contribution in [0, 0.1) is 17.1 Å². The van der Waals surface area contributed by atoms with E-state index in [1.54, 1.807) is 6.07 Å². The number of halogens is 1. The Morgan fingerprint density at radius 2 is 2.10 bits per heavy atom. The van der Waals surface area contributed by atoms with Crippen LogP contribution >= 0.6 is 0 Å². The number of hydrogen-bond acceptors (Lipinski definition) is 6. The van der Waals surface area contributed by atoms with Crippen LogP contribution in [0.2, 0.25) is 0 Å². The summed E-state index contributed by atoms with van der Waals surface area (Å²) in [6.07, 6.45) is 0.312. The lowest BCUT2D eigenvalue weighted by atomic mass is 10.0. The van der Waals surface area contributed by atoms with Gasteiger partial charge in [-0.1, -0.05) is 0 Å². The molecule has 3 rings (SSSR count). The predicted molar refractivity (Wildman–Crippen MR) is 73.0 cm³/mol. The van der Waals surface area contributed by atoms with Crippen molar-refractivity contribution in [2.75, 3.05) is 16.6 Å². The number of hydrogen-bond donors (Lipinski definition) is 4. The van der Waals surface area contributed by atoms with Crippen LogP contribution in [0.1, 0.15) is 16.7 Å². The third-order valence-electron chi connectivity index (χ3n) is 3.05. The van der Waals surface area contributed by atoms with E-state index in [4.69, 9.17) is 11.0 Å². The Kier molecular flexibility index (Phi) is 2.85. The molecule has 0 spiro atoms. The van der Waals surface area contributed by atoms with Crippen molar-refractivity contribution in [1.29, 1.82) is 5.26 Å². The number of nitrogen functional groups attached to an aromatic ring is 1. The predicted octanol–water partition coefficient (Wildman–Crippen LogP) is 1.52. The number of aromatic nitrogens is 1. The third-order valence-corrected chi connectivity index (χ3v) is 3.05. The lowest BCUT2D eigenvalue weighted by molar-refractivity contribution is 0.614. The van der Waals surface area contributed by atoms with Gasteiger partial charge in [0.15, 0.2) is 5.82 Å². The van der Waals surface area contributed by atoms with Crippen molar-refractivity contribution in [3.8, 4) is 6.07 Å². The molecule has 5 N–H and O–H groups in total. The molecule has 2 aromatic rings. The fourth-order valence-corrected chi connectivity index (χ4v) is 2.13. The summed E-state index contributed by atoms with van der Waals surface area (Å²) in [5, 5.41) is 8.88. The second-order valence-corrected chi connectivity index (χ2v) is 4.40. The van der Waals surface area contributed by atoms with Gasteiger partial charge in [0.2, 0.25) is 0 Å². The van der Waals surface area contributed by atoms with Gasteiger partial charge >= 0.3 is 0 Å². The van der Waals surface area contributed by atoms with Gasteiger partial charge in [0, 0.05) is 6.42 Å². The number of pyridine rings is 1. The summed E-state index contributed by atoms with van der Waals surface area (Å²) in [6.45, 7) is 0. The summed E-state index contributed by atoms with van der Waals surface area (Å²) in [7, 11) is 0. The van der Waals surface area contributed by atoms with E-state index in [0.717, 1.165) is 11.3 Å². The Morgan fingerprint density at radius 1 is 1.25 bits per heavy atom. The molecule has 0 atom stereocenters. The summed E-state index contributed by atoms with van der Waals surface area (Å²) < 4.78 is 13.8. The highest BCUT2D eigenvalue weighted by atomic mass is 19.1. The Balaban J connectivity index is 2.02. The maximum Gasteiger partial charge on any atom is 0.169 e. The van der Waals surface area contributed by atoms with Gasteiger partial charge < -0.3 is 11.2 Å². The molecule has 1 aliphatic heterocycles. The van der Waals surface area contributed by atoms with Crippen molar-refractivity contribution >= 4 is 17.3 Å². The van der Waals surface area contributed by atoms with Crippen LogP contribution in [0.25, 0.3) is 0 Å². The summed E-state index contributed by atoms with van der Waals surface area (Å²) in [5.74, 6) is 0.553. The van der Waals surface area contributed by atoms with Gasteiger partial charge in [-0.05, 0) is 35.4 Å². The number of benzene rings is 1. The SMILES string of the molecule is N#Cc1ccc(F)c(Cc2cc(N)nc3c2NNN3)c1. The van der Waals surface area contributed by atoms with E-state index in [1.807, 2.05) is 6.07 Å². The summed E-state index contributed by atoms with van der Waals surface area (Å²) in [6, 6.07) is 7.96. The molecular formula is C13H11FN6. The zero-order valence-electron chi connectivity index (χ0n) is 10.4. The van der Waals surface area contributed by atoms with Crippen LogP contribution in [0.3, 0.4) is 0 Å². The Labute approximate surface area is 114 Å². The molecule has 2 heterocycles. The van der Waals surface area contributed by atoms with E-state index < -0.39 is 0 Å². The first-order chi connectivity index (χ1) is 9.67. The Morgan fingerprint density at radius 3 is 2.90 bits per heavy atom. The first-order valence-corrected chi connectivity index (χ1v) is 5.92. The van der Waals surface area contributed by atoms with Gasteiger partial charge in [-0.2, -0.15) is 5.26 Å². The Hall–Kier alpha value is -2.85. The summed E-state index contributed by atoms with van der Waals surface area (Å²) in [5.41, 5.74) is 16.5. The van der Waals surface area contributed by atoms with Crippen molar-refractivity contribution < 1.29 is 4.39 Å². The topological polar surface area (TPSA) is 98.8 Å². The maximum absolute atomic E-state index is 13.8. The molecule has 7 heteroatoms. The number of anilines is 3. The van der Waals surface area contributed by atoms with Crippen molar-refractivity contribution in [3.63, 3.8) is 0 Å². The molecule has 0 amide bonds. The molecule has 0 aliphatic carbocycles. The fraction of sp³-hybridized carbons (Fsp3) is 0.0769. The lowest BCUT2D eigenvalue weighted by Gasteiger charge is -2.09. The molecule has 1 aliphatic rings. The van der Waals surface area contributed by atoms with Gasteiger partial charge in [-0.3, -0.25) is 5.43 Å². The maximum atomic E-state index is 13.8. The van der Waals surface area contributed by atoms with Gasteiger partial charge in [0.05, 0.1) is 17.3 Å². The van der Waals surface area contributed by atoms with E-state index in [-0.39, 0.29) is 5.82 Å². The van der Waals surface area contributed by atoms with E-state index in [1.165, 1.54) is 18.2 Å². The molecule has 20 heavy (non-hydrogen) atoms. The van der Waals surface area contributed by atoms with Crippen molar-refractivity contribution in [1.82, 2.24) is 10.5 Å². The van der Waals surface area contributed by atoms with Crippen molar-refractivity contribution in [2.24, 2.45) is 0 Å². The molecular weight excluding hydrogens is 259 g/mol. The molecule has 0 radical (unpaired) electrons. The normalized spacial score (nSPS) is 12.2. The minimum atomic E-state index is -0.355. The zero-order chi connectivity index (χ0) is 14.1. The van der Waals surface area contributed by atoms with Crippen LogP contribution in [0.4, 0.5) is 21.7 Å². The second-order valence-electron chi connectivity index (χ2n) is 4.40. The molecule has 1 aromatic heterocycles. The first-order valence-electron chi connectivity index (χ1n) is 5.92. The zero-order valence-corrected chi connectivity index (χ0v) is 10.4. The van der Waals surface area contributed by atoms with Crippen LogP contribution < -0.4 is 22.1 Å². The van der Waals surface area contributed by atoms with Gasteiger partial charge in [0.1, 0.15) is 11.6 Å². The highest BCUT2D eigenvalue weighted by molar-refractivity contribution is 5.74. The number of nitrogens with zero attached hydrogens (tertiary/aromatic N) is 2. The van der Waals surface area contributed by atoms with E-state index in [0.29, 0.717) is 29.2 Å². The average Bonchev–Trinajstić information content (AvgIpc) is 2.89. The Bertz CT molecular complexity index is 722. The monoisotopic (exact) mass is 270 g/mol. The number of hydrazine groups is 2. The minimum Gasteiger partial charge on any atom is -0.384 e. The standard InChI is InChI=1S/C13H11FN6/c14-10-2-1-7(6-15)3-8(10)4-9-5-11(16)17-13-12(9)18-20-19-13/h1-3,5,18,20H,4H2,(H3,16,17,19).